The number of H-pyrrole nitrogens is 1. The van der Waals surface area contributed by atoms with Crippen molar-refractivity contribution in [3.63, 3.8) is 0 Å². The van der Waals surface area contributed by atoms with E-state index >= 15 is 0 Å². The highest BCUT2D eigenvalue weighted by atomic mass is 31.2. The normalized spacial score (nSPS) is 11.0. The molecule has 0 atom stereocenters. The molecule has 1 heterocycles. The van der Waals surface area contributed by atoms with Crippen LogP contribution in [-0.4, -0.2) is 21.3 Å². The van der Waals surface area contributed by atoms with Gasteiger partial charge in [-0.1, -0.05) is 30.3 Å². The molecule has 1 aromatic heterocycles. The van der Waals surface area contributed by atoms with Crippen LogP contribution in [0.5, 0.6) is 5.75 Å². The highest BCUT2D eigenvalue weighted by Crippen LogP contribution is 2.24. The van der Waals surface area contributed by atoms with Gasteiger partial charge in [0.05, 0.1) is 6.54 Å². The SMILES string of the molecule is O=P([O-])(O)O.[NH3+]CCc1c[nH]c2ccc(OCc3ccccc3)cc12. The van der Waals surface area contributed by atoms with Gasteiger partial charge in [-0.2, -0.15) is 0 Å². The van der Waals surface area contributed by atoms with Crippen LogP contribution in [0.4, 0.5) is 0 Å². The number of hydrogen-bond donors (Lipinski definition) is 4. The van der Waals surface area contributed by atoms with Crippen molar-refractivity contribution < 1.29 is 29.7 Å². The van der Waals surface area contributed by atoms with Gasteiger partial charge in [-0.05, 0) is 29.3 Å². The average molecular weight is 364 g/mol. The summed E-state index contributed by atoms with van der Waals surface area (Å²) < 4.78 is 14.6. The number of phosphoric acid groups is 1. The number of hydrogen-bond acceptors (Lipinski definition) is 3. The van der Waals surface area contributed by atoms with Crippen molar-refractivity contribution in [3.05, 3.63) is 65.9 Å². The second-order valence-corrected chi connectivity index (χ2v) is 6.37. The number of rotatable bonds is 5. The van der Waals surface area contributed by atoms with Gasteiger partial charge in [0.2, 0.25) is 0 Å². The van der Waals surface area contributed by atoms with Crippen molar-refractivity contribution in [3.8, 4) is 5.75 Å². The first-order valence-corrected chi connectivity index (χ1v) is 9.22. The van der Waals surface area contributed by atoms with Crippen molar-refractivity contribution in [1.29, 1.82) is 0 Å². The van der Waals surface area contributed by atoms with E-state index in [4.69, 9.17) is 24.0 Å². The quantitative estimate of drug-likeness (QED) is 0.501. The molecule has 0 aliphatic carbocycles. The second-order valence-electron chi connectivity index (χ2n) is 5.39. The Kier molecular flexibility index (Phi) is 6.75. The van der Waals surface area contributed by atoms with E-state index < -0.39 is 7.82 Å². The first kappa shape index (κ1) is 19.2. The highest BCUT2D eigenvalue weighted by molar-refractivity contribution is 7.43. The van der Waals surface area contributed by atoms with E-state index in [2.05, 4.69) is 41.2 Å². The van der Waals surface area contributed by atoms with Crippen molar-refractivity contribution in [2.24, 2.45) is 0 Å². The predicted octanol–water partition coefficient (Wildman–Crippen LogP) is 0.971. The van der Waals surface area contributed by atoms with Crippen LogP contribution in [0.3, 0.4) is 0 Å². The van der Waals surface area contributed by atoms with Crippen LogP contribution in [0, 0.1) is 0 Å². The Hall–Kier alpha value is -2.15. The van der Waals surface area contributed by atoms with Crippen molar-refractivity contribution in [1.82, 2.24) is 4.98 Å². The molecule has 0 radical (unpaired) electrons. The molecule has 7 nitrogen and oxygen atoms in total. The van der Waals surface area contributed by atoms with E-state index in [-0.39, 0.29) is 0 Å². The van der Waals surface area contributed by atoms with Crippen molar-refractivity contribution in [2.75, 3.05) is 6.54 Å². The number of ether oxygens (including phenoxy) is 1. The molecule has 0 aliphatic rings. The summed E-state index contributed by atoms with van der Waals surface area (Å²) in [6.45, 7) is 1.50. The topological polar surface area (TPSA) is 133 Å². The molecule has 0 aliphatic heterocycles. The Morgan fingerprint density at radius 3 is 2.48 bits per heavy atom. The monoisotopic (exact) mass is 364 g/mol. The summed E-state index contributed by atoms with van der Waals surface area (Å²) in [5.74, 6) is 0.909. The van der Waals surface area contributed by atoms with E-state index in [9.17, 15) is 0 Å². The van der Waals surface area contributed by atoms with Gasteiger partial charge < -0.3 is 30.1 Å². The fourth-order valence-corrected chi connectivity index (χ4v) is 2.39. The predicted molar refractivity (Wildman–Crippen MR) is 92.6 cm³/mol. The van der Waals surface area contributed by atoms with Gasteiger partial charge >= 0.3 is 0 Å². The first-order valence-electron chi connectivity index (χ1n) is 7.69. The van der Waals surface area contributed by atoms with Gasteiger partial charge in [-0.25, -0.2) is 0 Å². The van der Waals surface area contributed by atoms with Gasteiger partial charge in [-0.3, -0.25) is 4.57 Å². The number of aromatic amines is 1. The molecule has 0 saturated carbocycles. The Balaban J connectivity index is 0.000000399. The van der Waals surface area contributed by atoms with E-state index in [1.807, 2.05) is 24.3 Å². The molecule has 0 bridgehead atoms. The van der Waals surface area contributed by atoms with E-state index in [0.717, 1.165) is 24.2 Å². The Bertz CT molecular complexity index is 836. The molecule has 0 spiro atoms. The lowest BCUT2D eigenvalue weighted by molar-refractivity contribution is -0.366. The minimum absolute atomic E-state index is 0.599. The van der Waals surface area contributed by atoms with Crippen LogP contribution >= 0.6 is 7.82 Å². The lowest BCUT2D eigenvalue weighted by Crippen LogP contribution is -2.51. The summed E-state index contributed by atoms with van der Waals surface area (Å²) in [6, 6.07) is 16.4. The Labute approximate surface area is 145 Å². The maximum absolute atomic E-state index is 8.77. The van der Waals surface area contributed by atoms with Crippen LogP contribution in [0.25, 0.3) is 10.9 Å². The summed E-state index contributed by atoms with van der Waals surface area (Å²) in [7, 11) is -4.89. The molecule has 6 N–H and O–H groups in total. The van der Waals surface area contributed by atoms with Crippen LogP contribution in [-0.2, 0) is 17.6 Å². The van der Waals surface area contributed by atoms with Gasteiger partial charge in [0.25, 0.3) is 7.82 Å². The summed E-state index contributed by atoms with van der Waals surface area (Å²) >= 11 is 0. The fourth-order valence-electron chi connectivity index (χ4n) is 2.39. The molecule has 8 heteroatoms. The zero-order valence-electron chi connectivity index (χ0n) is 13.6. The number of benzene rings is 2. The lowest BCUT2D eigenvalue weighted by Gasteiger charge is -2.06. The minimum Gasteiger partial charge on any atom is -0.756 e. The summed E-state index contributed by atoms with van der Waals surface area (Å²) in [5, 5.41) is 1.24. The maximum Gasteiger partial charge on any atom is 0.262 e. The zero-order valence-corrected chi connectivity index (χ0v) is 14.5. The van der Waals surface area contributed by atoms with E-state index in [0.29, 0.717) is 6.61 Å². The zero-order chi connectivity index (χ0) is 18.3. The number of quaternary nitrogens is 1. The minimum atomic E-state index is -4.89. The maximum atomic E-state index is 8.77. The van der Waals surface area contributed by atoms with Crippen LogP contribution < -0.4 is 15.4 Å². The summed E-state index contributed by atoms with van der Waals surface area (Å²) in [4.78, 5) is 26.2. The molecule has 3 aromatic rings. The summed E-state index contributed by atoms with van der Waals surface area (Å²) in [6.07, 6.45) is 3.05. The van der Waals surface area contributed by atoms with Crippen molar-refractivity contribution in [2.45, 2.75) is 13.0 Å². The molecule has 0 fully saturated rings. The van der Waals surface area contributed by atoms with Crippen LogP contribution in [0.2, 0.25) is 0 Å². The largest absolute Gasteiger partial charge is 0.756 e. The van der Waals surface area contributed by atoms with Gasteiger partial charge in [-0.15, -0.1) is 0 Å². The molecule has 0 unspecified atom stereocenters. The number of aromatic nitrogens is 1. The molecule has 0 amide bonds. The lowest BCUT2D eigenvalue weighted by atomic mass is 10.1. The first-order chi connectivity index (χ1) is 11.9. The third-order valence-electron chi connectivity index (χ3n) is 3.43. The van der Waals surface area contributed by atoms with Crippen LogP contribution in [0.1, 0.15) is 11.1 Å². The molecule has 25 heavy (non-hydrogen) atoms. The standard InChI is InChI=1S/C17H18N2O.H3O4P/c18-9-8-14-11-19-17-7-6-15(10-16(14)17)20-12-13-4-2-1-3-5-13;1-5(2,3)4/h1-7,10-11,19H,8-9,12,18H2;(H3,1,2,3,4). The molecule has 2 aromatic carbocycles. The molecule has 0 saturated heterocycles. The van der Waals surface area contributed by atoms with Gasteiger partial charge in [0.15, 0.2) is 0 Å². The van der Waals surface area contributed by atoms with E-state index in [1.54, 1.807) is 0 Å². The Morgan fingerprint density at radius 2 is 1.84 bits per heavy atom. The average Bonchev–Trinajstić information content (AvgIpc) is 2.95. The molecule has 3 rings (SSSR count). The molecular formula is C17H21N2O5P. The second kappa shape index (κ2) is 8.80. The van der Waals surface area contributed by atoms with Crippen molar-refractivity contribution >= 4 is 18.7 Å². The van der Waals surface area contributed by atoms with Crippen LogP contribution in [0.15, 0.2) is 54.7 Å². The molecular weight excluding hydrogens is 343 g/mol. The molecule has 134 valence electrons. The third kappa shape index (κ3) is 6.70. The summed E-state index contributed by atoms with van der Waals surface area (Å²) in [5.41, 5.74) is 7.56. The fraction of sp³-hybridized carbons (Fsp3) is 0.176. The highest BCUT2D eigenvalue weighted by Gasteiger charge is 2.05. The van der Waals surface area contributed by atoms with E-state index in [1.165, 1.54) is 16.5 Å². The Morgan fingerprint density at radius 1 is 1.16 bits per heavy atom. The van der Waals surface area contributed by atoms with Gasteiger partial charge in [0, 0.05) is 23.5 Å². The number of nitrogens with one attached hydrogen (secondary N) is 1. The smallest absolute Gasteiger partial charge is 0.262 e. The third-order valence-corrected chi connectivity index (χ3v) is 3.43. The number of fused-ring (bicyclic) bond motifs is 1. The van der Waals surface area contributed by atoms with Gasteiger partial charge in [0.1, 0.15) is 12.4 Å².